The van der Waals surface area contributed by atoms with Crippen LogP contribution in [0.2, 0.25) is 5.02 Å². The molecule has 0 amide bonds. The second-order valence-electron chi connectivity index (χ2n) is 1.95. The van der Waals surface area contributed by atoms with E-state index in [9.17, 15) is 4.39 Å². The highest BCUT2D eigenvalue weighted by Crippen LogP contribution is 2.32. The Hall–Kier alpha value is -0.110. The second-order valence-corrected chi connectivity index (χ2v) is 4.04. The van der Waals surface area contributed by atoms with Crippen molar-refractivity contribution in [2.75, 3.05) is 0 Å². The SMILES string of the molecule is N#Cc1c(F)c(Br)cc(Br)c1Cl. The van der Waals surface area contributed by atoms with E-state index in [-0.39, 0.29) is 15.1 Å². The van der Waals surface area contributed by atoms with Crippen LogP contribution in [-0.4, -0.2) is 0 Å². The van der Waals surface area contributed by atoms with E-state index in [0.29, 0.717) is 4.47 Å². The molecule has 1 aromatic carbocycles. The van der Waals surface area contributed by atoms with Gasteiger partial charge in [-0.05, 0) is 37.9 Å². The van der Waals surface area contributed by atoms with Gasteiger partial charge >= 0.3 is 0 Å². The number of hydrogen-bond donors (Lipinski definition) is 0. The summed E-state index contributed by atoms with van der Waals surface area (Å²) in [6.45, 7) is 0. The molecule has 1 rings (SSSR count). The summed E-state index contributed by atoms with van der Waals surface area (Å²) in [6, 6.07) is 3.14. The van der Waals surface area contributed by atoms with E-state index in [2.05, 4.69) is 31.9 Å². The van der Waals surface area contributed by atoms with E-state index in [1.807, 2.05) is 0 Å². The number of halogens is 4. The van der Waals surface area contributed by atoms with Crippen LogP contribution in [0.1, 0.15) is 5.56 Å². The van der Waals surface area contributed by atoms with Gasteiger partial charge in [-0.2, -0.15) is 5.26 Å². The van der Waals surface area contributed by atoms with Gasteiger partial charge in [-0.25, -0.2) is 4.39 Å². The Kier molecular flexibility index (Phi) is 3.10. The molecular formula is C7HBr2ClFN. The fraction of sp³-hybridized carbons (Fsp3) is 0. The van der Waals surface area contributed by atoms with E-state index in [1.165, 1.54) is 6.07 Å². The largest absolute Gasteiger partial charge is 0.204 e. The lowest BCUT2D eigenvalue weighted by molar-refractivity contribution is 0.617. The van der Waals surface area contributed by atoms with Gasteiger partial charge < -0.3 is 0 Å². The molecule has 0 fully saturated rings. The van der Waals surface area contributed by atoms with Gasteiger partial charge in [0.1, 0.15) is 11.6 Å². The topological polar surface area (TPSA) is 23.8 Å². The minimum absolute atomic E-state index is 0.0956. The molecule has 0 heterocycles. The van der Waals surface area contributed by atoms with E-state index in [0.717, 1.165) is 0 Å². The Morgan fingerprint density at radius 3 is 2.50 bits per heavy atom. The van der Waals surface area contributed by atoms with Gasteiger partial charge in [0.15, 0.2) is 5.82 Å². The summed E-state index contributed by atoms with van der Waals surface area (Å²) < 4.78 is 13.8. The Bertz CT molecular complexity index is 346. The molecule has 0 spiro atoms. The number of hydrogen-bond acceptors (Lipinski definition) is 1. The molecule has 5 heteroatoms. The summed E-state index contributed by atoms with van der Waals surface area (Å²) in [7, 11) is 0. The number of rotatable bonds is 0. The number of nitrogens with zero attached hydrogens (tertiary/aromatic N) is 1. The summed E-state index contributed by atoms with van der Waals surface area (Å²) in [5.74, 6) is -0.634. The lowest BCUT2D eigenvalue weighted by Gasteiger charge is -2.01. The monoisotopic (exact) mass is 311 g/mol. The van der Waals surface area contributed by atoms with Gasteiger partial charge in [0.2, 0.25) is 0 Å². The Morgan fingerprint density at radius 2 is 2.00 bits per heavy atom. The molecule has 0 aliphatic heterocycles. The summed E-state index contributed by atoms with van der Waals surface area (Å²) in [5.41, 5.74) is -0.155. The van der Waals surface area contributed by atoms with Gasteiger partial charge in [-0.3, -0.25) is 0 Å². The smallest absolute Gasteiger partial charge is 0.156 e. The highest BCUT2D eigenvalue weighted by atomic mass is 79.9. The van der Waals surface area contributed by atoms with Crippen LogP contribution in [0.4, 0.5) is 4.39 Å². The maximum Gasteiger partial charge on any atom is 0.156 e. The molecule has 1 aromatic rings. The van der Waals surface area contributed by atoms with E-state index in [1.54, 1.807) is 6.07 Å². The van der Waals surface area contributed by atoms with Crippen LogP contribution in [0.5, 0.6) is 0 Å². The molecule has 0 radical (unpaired) electrons. The first-order valence-electron chi connectivity index (χ1n) is 2.81. The maximum atomic E-state index is 13.1. The van der Waals surface area contributed by atoms with Crippen LogP contribution in [0, 0.1) is 17.1 Å². The zero-order chi connectivity index (χ0) is 9.30. The highest BCUT2D eigenvalue weighted by molar-refractivity contribution is 9.11. The van der Waals surface area contributed by atoms with Crippen molar-refractivity contribution in [2.24, 2.45) is 0 Å². The summed E-state index contributed by atoms with van der Waals surface area (Å²) in [6.07, 6.45) is 0. The van der Waals surface area contributed by atoms with Crippen molar-refractivity contribution in [3.05, 3.63) is 31.4 Å². The Morgan fingerprint density at radius 1 is 1.42 bits per heavy atom. The molecule has 0 atom stereocenters. The van der Waals surface area contributed by atoms with Crippen molar-refractivity contribution in [2.45, 2.75) is 0 Å². The predicted octanol–water partition coefficient (Wildman–Crippen LogP) is 3.88. The number of nitriles is 1. The lowest BCUT2D eigenvalue weighted by atomic mass is 10.2. The third kappa shape index (κ3) is 1.63. The molecule has 0 N–H and O–H groups in total. The highest BCUT2D eigenvalue weighted by Gasteiger charge is 2.13. The van der Waals surface area contributed by atoms with E-state index >= 15 is 0 Å². The predicted molar refractivity (Wildman–Crippen MR) is 51.5 cm³/mol. The minimum Gasteiger partial charge on any atom is -0.204 e. The molecule has 0 bridgehead atoms. The number of benzene rings is 1. The van der Waals surface area contributed by atoms with Crippen LogP contribution >= 0.6 is 43.5 Å². The quantitative estimate of drug-likeness (QED) is 0.667. The van der Waals surface area contributed by atoms with Crippen LogP contribution in [0.25, 0.3) is 0 Å². The third-order valence-corrected chi connectivity index (χ3v) is 3.05. The molecule has 0 aromatic heterocycles. The van der Waals surface area contributed by atoms with Crippen LogP contribution in [-0.2, 0) is 0 Å². The first-order chi connectivity index (χ1) is 5.57. The summed E-state index contributed by atoms with van der Waals surface area (Å²) >= 11 is 11.7. The Balaban J connectivity index is 3.56. The molecule has 0 aliphatic carbocycles. The standard InChI is InChI=1S/C7HBr2ClFN/c8-4-1-5(9)7(11)3(2-12)6(4)10/h1H. The van der Waals surface area contributed by atoms with Gasteiger partial charge in [0, 0.05) is 4.47 Å². The molecule has 12 heavy (non-hydrogen) atoms. The molecular weight excluding hydrogens is 312 g/mol. The maximum absolute atomic E-state index is 13.1. The van der Waals surface area contributed by atoms with Crippen LogP contribution in [0.3, 0.4) is 0 Å². The van der Waals surface area contributed by atoms with Crippen molar-refractivity contribution in [1.82, 2.24) is 0 Å². The third-order valence-electron chi connectivity index (χ3n) is 1.22. The summed E-state index contributed by atoms with van der Waals surface area (Å²) in [4.78, 5) is 0. The average molecular weight is 313 g/mol. The van der Waals surface area contributed by atoms with E-state index in [4.69, 9.17) is 16.9 Å². The fourth-order valence-electron chi connectivity index (χ4n) is 0.671. The Labute approximate surface area is 90.4 Å². The van der Waals surface area contributed by atoms with Crippen molar-refractivity contribution in [3.63, 3.8) is 0 Å². The van der Waals surface area contributed by atoms with Crippen LogP contribution in [0.15, 0.2) is 15.0 Å². The van der Waals surface area contributed by atoms with Gasteiger partial charge in [0.05, 0.1) is 9.50 Å². The minimum atomic E-state index is -0.634. The van der Waals surface area contributed by atoms with E-state index < -0.39 is 5.82 Å². The molecule has 62 valence electrons. The first-order valence-corrected chi connectivity index (χ1v) is 4.77. The first kappa shape index (κ1) is 9.97. The second kappa shape index (κ2) is 3.73. The average Bonchev–Trinajstić information content (AvgIpc) is 2.02. The normalized spacial score (nSPS) is 9.58. The molecule has 0 aliphatic rings. The summed E-state index contributed by atoms with van der Waals surface area (Å²) in [5, 5.41) is 8.63. The zero-order valence-corrected chi connectivity index (χ0v) is 9.46. The van der Waals surface area contributed by atoms with Crippen molar-refractivity contribution < 1.29 is 4.39 Å². The van der Waals surface area contributed by atoms with Crippen LogP contribution < -0.4 is 0 Å². The molecule has 0 saturated carbocycles. The van der Waals surface area contributed by atoms with Gasteiger partial charge in [0.25, 0.3) is 0 Å². The molecule has 1 nitrogen and oxygen atoms in total. The fourth-order valence-corrected chi connectivity index (χ4v) is 2.01. The lowest BCUT2D eigenvalue weighted by Crippen LogP contribution is -1.88. The zero-order valence-electron chi connectivity index (χ0n) is 5.54. The van der Waals surface area contributed by atoms with Crippen molar-refractivity contribution >= 4 is 43.5 Å². The van der Waals surface area contributed by atoms with Crippen molar-refractivity contribution in [1.29, 1.82) is 5.26 Å². The van der Waals surface area contributed by atoms with Gasteiger partial charge in [-0.15, -0.1) is 0 Å². The van der Waals surface area contributed by atoms with Gasteiger partial charge in [-0.1, -0.05) is 11.6 Å². The van der Waals surface area contributed by atoms with Crippen molar-refractivity contribution in [3.8, 4) is 6.07 Å². The molecule has 0 saturated heterocycles. The molecule has 0 unspecified atom stereocenters.